The number of carbonyl (C=O) groups is 1. The van der Waals surface area contributed by atoms with Gasteiger partial charge in [-0.3, -0.25) is 5.10 Å². The van der Waals surface area contributed by atoms with Gasteiger partial charge in [0.05, 0.1) is 5.56 Å². The number of nitrogens with one attached hydrogen (secondary N) is 1. The third kappa shape index (κ3) is 1.45. The first-order valence-corrected chi connectivity index (χ1v) is 3.82. The lowest BCUT2D eigenvalue weighted by molar-refractivity contribution is 0.0696. The van der Waals surface area contributed by atoms with Crippen molar-refractivity contribution in [3.63, 3.8) is 0 Å². The number of aromatic amines is 1. The molecular weight excluding hydrogens is 184 g/mol. The predicted octanol–water partition coefficient (Wildman–Crippen LogP) is 0.565. The Morgan fingerprint density at radius 3 is 2.57 bits per heavy atom. The highest BCUT2D eigenvalue weighted by atomic mass is 16.4. The number of rotatable bonds is 2. The highest BCUT2D eigenvalue weighted by molar-refractivity contribution is 5.86. The summed E-state index contributed by atoms with van der Waals surface area (Å²) in [7, 11) is 0. The van der Waals surface area contributed by atoms with Gasteiger partial charge in [-0.25, -0.2) is 14.8 Å². The SMILES string of the molecule is O=C(O)c1cnc(-c2ccn[nH]2)nc1. The Morgan fingerprint density at radius 1 is 1.36 bits per heavy atom. The van der Waals surface area contributed by atoms with Gasteiger partial charge in [0.1, 0.15) is 5.69 Å². The maximum atomic E-state index is 10.5. The number of aromatic carboxylic acids is 1. The van der Waals surface area contributed by atoms with Crippen LogP contribution in [0.4, 0.5) is 0 Å². The summed E-state index contributed by atoms with van der Waals surface area (Å²) >= 11 is 0. The number of carboxylic acids is 1. The van der Waals surface area contributed by atoms with E-state index in [0.29, 0.717) is 11.5 Å². The predicted molar refractivity (Wildman–Crippen MR) is 46.6 cm³/mol. The Balaban J connectivity index is 2.36. The molecule has 2 aromatic heterocycles. The van der Waals surface area contributed by atoms with Crippen LogP contribution in [-0.2, 0) is 0 Å². The molecule has 70 valence electrons. The minimum atomic E-state index is -1.04. The Bertz CT molecular complexity index is 435. The van der Waals surface area contributed by atoms with Gasteiger partial charge < -0.3 is 5.11 Å². The number of hydrogen-bond donors (Lipinski definition) is 2. The van der Waals surface area contributed by atoms with Crippen LogP contribution in [0.25, 0.3) is 11.5 Å². The minimum absolute atomic E-state index is 0.0632. The lowest BCUT2D eigenvalue weighted by atomic mass is 10.3. The molecule has 0 unspecified atom stereocenters. The molecule has 14 heavy (non-hydrogen) atoms. The van der Waals surface area contributed by atoms with Crippen LogP contribution in [0.3, 0.4) is 0 Å². The molecule has 0 aliphatic rings. The Hall–Kier alpha value is -2.24. The summed E-state index contributed by atoms with van der Waals surface area (Å²) < 4.78 is 0. The lowest BCUT2D eigenvalue weighted by Gasteiger charge is -1.95. The summed E-state index contributed by atoms with van der Waals surface area (Å²) in [5, 5.41) is 15.0. The second-order valence-corrected chi connectivity index (χ2v) is 2.57. The van der Waals surface area contributed by atoms with Crippen LogP contribution in [-0.4, -0.2) is 31.2 Å². The largest absolute Gasteiger partial charge is 0.478 e. The molecule has 2 rings (SSSR count). The Labute approximate surface area is 78.6 Å². The molecule has 0 saturated carbocycles. The van der Waals surface area contributed by atoms with Gasteiger partial charge in [0.25, 0.3) is 0 Å². The Morgan fingerprint density at radius 2 is 2.07 bits per heavy atom. The molecule has 0 radical (unpaired) electrons. The van der Waals surface area contributed by atoms with Crippen LogP contribution >= 0.6 is 0 Å². The van der Waals surface area contributed by atoms with Crippen molar-refractivity contribution in [3.05, 3.63) is 30.2 Å². The Kier molecular flexibility index (Phi) is 1.94. The lowest BCUT2D eigenvalue weighted by Crippen LogP contribution is -1.99. The van der Waals surface area contributed by atoms with Crippen LogP contribution in [0.2, 0.25) is 0 Å². The summed E-state index contributed by atoms with van der Waals surface area (Å²) in [5.74, 6) is -0.617. The fraction of sp³-hybridized carbons (Fsp3) is 0. The van der Waals surface area contributed by atoms with E-state index in [1.54, 1.807) is 12.3 Å². The zero-order valence-electron chi connectivity index (χ0n) is 7.01. The average molecular weight is 190 g/mol. The molecule has 0 spiro atoms. The summed E-state index contributed by atoms with van der Waals surface area (Å²) in [4.78, 5) is 18.3. The number of aromatic nitrogens is 4. The summed E-state index contributed by atoms with van der Waals surface area (Å²) in [6, 6.07) is 1.70. The molecule has 0 aliphatic heterocycles. The summed E-state index contributed by atoms with van der Waals surface area (Å²) in [6.07, 6.45) is 4.08. The molecule has 0 aromatic carbocycles. The molecule has 0 saturated heterocycles. The zero-order chi connectivity index (χ0) is 9.97. The van der Waals surface area contributed by atoms with E-state index in [0.717, 1.165) is 0 Å². The molecule has 6 nitrogen and oxygen atoms in total. The first kappa shape index (κ1) is 8.36. The average Bonchev–Trinajstić information content (AvgIpc) is 2.71. The van der Waals surface area contributed by atoms with Gasteiger partial charge in [0.15, 0.2) is 5.82 Å². The van der Waals surface area contributed by atoms with Gasteiger partial charge in [-0.05, 0) is 6.07 Å². The molecule has 0 atom stereocenters. The first-order valence-electron chi connectivity index (χ1n) is 3.82. The molecule has 2 aromatic rings. The summed E-state index contributed by atoms with van der Waals surface area (Å²) in [5.41, 5.74) is 0.718. The van der Waals surface area contributed by atoms with Crippen molar-refractivity contribution in [3.8, 4) is 11.5 Å². The third-order valence-electron chi connectivity index (χ3n) is 1.64. The standard InChI is InChI=1S/C8H6N4O2/c13-8(14)5-3-9-7(10-4-5)6-1-2-11-12-6/h1-4H,(H,11,12)(H,13,14). The van der Waals surface area contributed by atoms with E-state index in [2.05, 4.69) is 20.2 Å². The second kappa shape index (κ2) is 3.25. The normalized spacial score (nSPS) is 10.0. The quantitative estimate of drug-likeness (QED) is 0.722. The van der Waals surface area contributed by atoms with Gasteiger partial charge in [-0.1, -0.05) is 0 Å². The monoisotopic (exact) mass is 190 g/mol. The van der Waals surface area contributed by atoms with E-state index in [9.17, 15) is 4.79 Å². The molecule has 2 N–H and O–H groups in total. The second-order valence-electron chi connectivity index (χ2n) is 2.57. The van der Waals surface area contributed by atoms with Crippen LogP contribution < -0.4 is 0 Å². The number of carboxylic acid groups (broad SMARTS) is 1. The maximum Gasteiger partial charge on any atom is 0.338 e. The maximum absolute atomic E-state index is 10.5. The molecule has 0 bridgehead atoms. The van der Waals surface area contributed by atoms with Gasteiger partial charge in [0.2, 0.25) is 0 Å². The van der Waals surface area contributed by atoms with Crippen molar-refractivity contribution in [2.75, 3.05) is 0 Å². The van der Waals surface area contributed by atoms with Crippen LogP contribution in [0.15, 0.2) is 24.7 Å². The van der Waals surface area contributed by atoms with Crippen LogP contribution in [0.5, 0.6) is 0 Å². The topological polar surface area (TPSA) is 91.8 Å². The van der Waals surface area contributed by atoms with Crippen molar-refractivity contribution >= 4 is 5.97 Å². The molecule has 2 heterocycles. The van der Waals surface area contributed by atoms with Crippen LogP contribution in [0, 0.1) is 0 Å². The van der Waals surface area contributed by atoms with Gasteiger partial charge in [-0.2, -0.15) is 5.10 Å². The van der Waals surface area contributed by atoms with Crippen molar-refractivity contribution in [2.24, 2.45) is 0 Å². The number of H-pyrrole nitrogens is 1. The third-order valence-corrected chi connectivity index (χ3v) is 1.64. The molecule has 0 fully saturated rings. The van der Waals surface area contributed by atoms with Crippen molar-refractivity contribution < 1.29 is 9.90 Å². The van der Waals surface area contributed by atoms with Crippen LogP contribution in [0.1, 0.15) is 10.4 Å². The van der Waals surface area contributed by atoms with E-state index < -0.39 is 5.97 Å². The van der Waals surface area contributed by atoms with Crippen molar-refractivity contribution in [2.45, 2.75) is 0 Å². The van der Waals surface area contributed by atoms with Crippen molar-refractivity contribution in [1.29, 1.82) is 0 Å². The van der Waals surface area contributed by atoms with Gasteiger partial charge >= 0.3 is 5.97 Å². The minimum Gasteiger partial charge on any atom is -0.478 e. The fourth-order valence-electron chi connectivity index (χ4n) is 0.958. The number of nitrogens with zero attached hydrogens (tertiary/aromatic N) is 3. The van der Waals surface area contributed by atoms with E-state index in [-0.39, 0.29) is 5.56 Å². The fourth-order valence-corrected chi connectivity index (χ4v) is 0.958. The molecule has 0 aliphatic carbocycles. The highest BCUT2D eigenvalue weighted by Gasteiger charge is 2.05. The smallest absolute Gasteiger partial charge is 0.338 e. The number of hydrogen-bond acceptors (Lipinski definition) is 4. The van der Waals surface area contributed by atoms with E-state index in [4.69, 9.17) is 5.11 Å². The van der Waals surface area contributed by atoms with Crippen molar-refractivity contribution in [1.82, 2.24) is 20.2 Å². The zero-order valence-corrected chi connectivity index (χ0v) is 7.01. The van der Waals surface area contributed by atoms with Gasteiger partial charge in [-0.15, -0.1) is 0 Å². The first-order chi connectivity index (χ1) is 6.77. The molecule has 6 heteroatoms. The highest BCUT2D eigenvalue weighted by Crippen LogP contribution is 2.09. The summed E-state index contributed by atoms with van der Waals surface area (Å²) in [6.45, 7) is 0. The van der Waals surface area contributed by atoms with Gasteiger partial charge in [0, 0.05) is 18.6 Å². The molecular formula is C8H6N4O2. The van der Waals surface area contributed by atoms with E-state index in [1.807, 2.05) is 0 Å². The van der Waals surface area contributed by atoms with E-state index >= 15 is 0 Å². The molecule has 0 amide bonds. The van der Waals surface area contributed by atoms with E-state index in [1.165, 1.54) is 12.4 Å².